The third kappa shape index (κ3) is 2.85. The second-order valence-corrected chi connectivity index (χ2v) is 13.5. The van der Waals surface area contributed by atoms with Crippen LogP contribution in [-0.4, -0.2) is 14.6 Å². The Bertz CT molecular complexity index is 964. The fourth-order valence-corrected chi connectivity index (χ4v) is 8.09. The van der Waals surface area contributed by atoms with Gasteiger partial charge in [-0.15, -0.1) is 0 Å². The van der Waals surface area contributed by atoms with Gasteiger partial charge in [0.2, 0.25) is 0 Å². The molecule has 0 N–H and O–H groups in total. The average molecular weight is 367 g/mol. The summed E-state index contributed by atoms with van der Waals surface area (Å²) in [4.78, 5) is 0. The van der Waals surface area contributed by atoms with E-state index in [1.807, 2.05) is 6.20 Å². The molecule has 1 heterocycles. The van der Waals surface area contributed by atoms with E-state index < -0.39 is 7.29 Å². The van der Waals surface area contributed by atoms with Gasteiger partial charge in [-0.25, -0.2) is 0 Å². The SMILES string of the molecule is Cc1ccc(-c2cccc3ccn(P(=O)(C(C)(C)C)C(C)(C)C)c23)cc1. The lowest BCUT2D eigenvalue weighted by molar-refractivity contribution is 0.510. The molecule has 0 aliphatic rings. The first-order valence-corrected chi connectivity index (χ1v) is 10.9. The zero-order valence-electron chi connectivity index (χ0n) is 17.0. The molecule has 0 fully saturated rings. The summed E-state index contributed by atoms with van der Waals surface area (Å²) < 4.78 is 16.6. The third-order valence-electron chi connectivity index (χ3n) is 5.18. The van der Waals surface area contributed by atoms with Crippen molar-refractivity contribution in [1.29, 1.82) is 0 Å². The fraction of sp³-hybridized carbons (Fsp3) is 0.391. The van der Waals surface area contributed by atoms with E-state index in [0.717, 1.165) is 22.0 Å². The standard InChI is InChI=1S/C23H30NOP/c1-17-11-13-18(14-12-17)20-10-8-9-19-15-16-24(21(19)20)26(25,22(2,3)4)23(5,6)7/h8-16H,1-7H3. The molecule has 26 heavy (non-hydrogen) atoms. The quantitative estimate of drug-likeness (QED) is 0.434. The van der Waals surface area contributed by atoms with Crippen molar-refractivity contribution in [2.24, 2.45) is 0 Å². The van der Waals surface area contributed by atoms with Crippen molar-refractivity contribution in [3.05, 3.63) is 60.3 Å². The minimum absolute atomic E-state index is 0.336. The number of aromatic nitrogens is 1. The number of para-hydroxylation sites is 1. The molecular weight excluding hydrogens is 337 g/mol. The van der Waals surface area contributed by atoms with Crippen molar-refractivity contribution < 1.29 is 4.57 Å². The van der Waals surface area contributed by atoms with E-state index in [0.29, 0.717) is 0 Å². The van der Waals surface area contributed by atoms with Gasteiger partial charge >= 0.3 is 0 Å². The maximum Gasteiger partial charge on any atom is 0.186 e. The van der Waals surface area contributed by atoms with Gasteiger partial charge in [0.15, 0.2) is 7.29 Å². The largest absolute Gasteiger partial charge is 0.299 e. The number of benzene rings is 2. The zero-order valence-corrected chi connectivity index (χ0v) is 17.9. The topological polar surface area (TPSA) is 22.0 Å². The highest BCUT2D eigenvalue weighted by atomic mass is 31.2. The van der Waals surface area contributed by atoms with E-state index in [9.17, 15) is 4.57 Å². The Kier molecular flexibility index (Phi) is 4.48. The monoisotopic (exact) mass is 367 g/mol. The Morgan fingerprint density at radius 3 is 1.92 bits per heavy atom. The molecule has 0 atom stereocenters. The van der Waals surface area contributed by atoms with Gasteiger partial charge in [0.05, 0.1) is 5.52 Å². The molecule has 0 saturated heterocycles. The van der Waals surface area contributed by atoms with E-state index in [4.69, 9.17) is 0 Å². The maximum absolute atomic E-state index is 14.5. The van der Waals surface area contributed by atoms with Crippen LogP contribution in [0.1, 0.15) is 47.1 Å². The summed E-state index contributed by atoms with van der Waals surface area (Å²) in [5, 5.41) is 0.464. The number of hydrogen-bond acceptors (Lipinski definition) is 1. The van der Waals surface area contributed by atoms with Crippen molar-refractivity contribution in [2.45, 2.75) is 58.8 Å². The Balaban J connectivity index is 2.39. The lowest BCUT2D eigenvalue weighted by Gasteiger charge is -2.42. The van der Waals surface area contributed by atoms with Gasteiger partial charge in [-0.2, -0.15) is 0 Å². The highest BCUT2D eigenvalue weighted by Crippen LogP contribution is 2.68. The Labute approximate surface area is 157 Å². The zero-order chi connectivity index (χ0) is 19.3. The summed E-state index contributed by atoms with van der Waals surface area (Å²) in [5.41, 5.74) is 4.62. The van der Waals surface area contributed by atoms with Gasteiger partial charge in [0.1, 0.15) is 0 Å². The van der Waals surface area contributed by atoms with E-state index in [1.54, 1.807) is 0 Å². The third-order valence-corrected chi connectivity index (χ3v) is 9.75. The molecular formula is C23H30NOP. The molecule has 3 rings (SSSR count). The van der Waals surface area contributed by atoms with Crippen molar-refractivity contribution in [2.75, 3.05) is 0 Å². The summed E-state index contributed by atoms with van der Waals surface area (Å²) in [5.74, 6) is 0. The first kappa shape index (κ1) is 19.0. The average Bonchev–Trinajstić information content (AvgIpc) is 2.97. The van der Waals surface area contributed by atoms with Crippen molar-refractivity contribution in [3.63, 3.8) is 0 Å². The highest BCUT2D eigenvalue weighted by Gasteiger charge is 2.48. The van der Waals surface area contributed by atoms with Gasteiger partial charge < -0.3 is 0 Å². The van der Waals surface area contributed by atoms with Crippen LogP contribution in [0.15, 0.2) is 54.7 Å². The summed E-state index contributed by atoms with van der Waals surface area (Å²) in [7, 11) is -2.78. The molecule has 3 aromatic rings. The van der Waals surface area contributed by atoms with E-state index >= 15 is 0 Å². The maximum atomic E-state index is 14.5. The van der Waals surface area contributed by atoms with E-state index in [2.05, 4.69) is 101 Å². The molecule has 1 aromatic heterocycles. The smallest absolute Gasteiger partial charge is 0.186 e. The summed E-state index contributed by atoms with van der Waals surface area (Å²) in [6.07, 6.45) is 2.03. The molecule has 0 unspecified atom stereocenters. The fourth-order valence-electron chi connectivity index (χ4n) is 4.03. The van der Waals surface area contributed by atoms with Gasteiger partial charge in [-0.05, 0) is 18.6 Å². The van der Waals surface area contributed by atoms with E-state index in [-0.39, 0.29) is 10.3 Å². The van der Waals surface area contributed by atoms with Gasteiger partial charge in [0, 0.05) is 27.5 Å². The number of hydrogen-bond donors (Lipinski definition) is 0. The second kappa shape index (κ2) is 6.13. The summed E-state index contributed by atoms with van der Waals surface area (Å²) >= 11 is 0. The Morgan fingerprint density at radius 1 is 0.808 bits per heavy atom. The molecule has 0 spiro atoms. The molecule has 0 bridgehead atoms. The first-order chi connectivity index (χ1) is 12.0. The molecule has 2 nitrogen and oxygen atoms in total. The molecule has 0 saturated carbocycles. The molecule has 3 heteroatoms. The van der Waals surface area contributed by atoms with Crippen LogP contribution in [0.5, 0.6) is 0 Å². The van der Waals surface area contributed by atoms with Crippen LogP contribution in [-0.2, 0) is 4.57 Å². The van der Waals surface area contributed by atoms with Crippen LogP contribution in [0, 0.1) is 6.92 Å². The lowest BCUT2D eigenvalue weighted by atomic mass is 10.0. The van der Waals surface area contributed by atoms with Crippen molar-refractivity contribution in [3.8, 4) is 11.1 Å². The predicted molar refractivity (Wildman–Crippen MR) is 115 cm³/mol. The van der Waals surface area contributed by atoms with Gasteiger partial charge in [0.25, 0.3) is 0 Å². The van der Waals surface area contributed by atoms with Crippen LogP contribution >= 0.6 is 7.29 Å². The van der Waals surface area contributed by atoms with Crippen LogP contribution in [0.25, 0.3) is 22.0 Å². The van der Waals surface area contributed by atoms with Crippen molar-refractivity contribution in [1.82, 2.24) is 4.34 Å². The number of rotatable bonds is 2. The number of nitrogens with zero attached hydrogens (tertiary/aromatic N) is 1. The first-order valence-electron chi connectivity index (χ1n) is 9.25. The second-order valence-electron chi connectivity index (χ2n) is 9.19. The molecule has 0 radical (unpaired) electrons. The molecule has 0 aliphatic heterocycles. The Morgan fingerprint density at radius 2 is 1.38 bits per heavy atom. The van der Waals surface area contributed by atoms with Crippen LogP contribution in [0.2, 0.25) is 0 Å². The summed E-state index contributed by atoms with van der Waals surface area (Å²) in [6, 6.07) is 17.0. The number of fused-ring (bicyclic) bond motifs is 1. The van der Waals surface area contributed by atoms with Gasteiger partial charge in [-0.1, -0.05) is 89.6 Å². The molecule has 138 valence electrons. The number of aryl methyl sites for hydroxylation is 1. The van der Waals surface area contributed by atoms with Crippen molar-refractivity contribution >= 4 is 18.2 Å². The van der Waals surface area contributed by atoms with Crippen LogP contribution in [0.4, 0.5) is 0 Å². The normalized spacial score (nSPS) is 13.3. The molecule has 0 amide bonds. The predicted octanol–water partition coefficient (Wildman–Crippen LogP) is 7.34. The van der Waals surface area contributed by atoms with Crippen LogP contribution in [0.3, 0.4) is 0 Å². The Hall–Kier alpha value is -1.79. The van der Waals surface area contributed by atoms with E-state index in [1.165, 1.54) is 5.56 Å². The minimum Gasteiger partial charge on any atom is -0.299 e. The minimum atomic E-state index is -2.78. The molecule has 2 aromatic carbocycles. The van der Waals surface area contributed by atoms with Gasteiger partial charge in [-0.3, -0.25) is 8.90 Å². The summed E-state index contributed by atoms with van der Waals surface area (Å²) in [6.45, 7) is 14.7. The highest BCUT2D eigenvalue weighted by molar-refractivity contribution is 7.65. The molecule has 0 aliphatic carbocycles. The van der Waals surface area contributed by atoms with Crippen LogP contribution < -0.4 is 0 Å². The lowest BCUT2D eigenvalue weighted by Crippen LogP contribution is -2.32.